The van der Waals surface area contributed by atoms with Gasteiger partial charge >= 0.3 is 11.9 Å². The van der Waals surface area contributed by atoms with E-state index >= 15 is 0 Å². The van der Waals surface area contributed by atoms with Crippen LogP contribution in [0.5, 0.6) is 11.5 Å². The summed E-state index contributed by atoms with van der Waals surface area (Å²) in [5.74, 6) is -0.0826. The van der Waals surface area contributed by atoms with Crippen LogP contribution in [-0.4, -0.2) is 22.2 Å². The Morgan fingerprint density at radius 3 is 1.56 bits per heavy atom. The summed E-state index contributed by atoms with van der Waals surface area (Å²) in [4.78, 5) is 22.6. The molecule has 272 valence electrons. The lowest BCUT2D eigenvalue weighted by molar-refractivity contribution is 0.0685. The van der Waals surface area contributed by atoms with Gasteiger partial charge in [0.15, 0.2) is 0 Å². The summed E-state index contributed by atoms with van der Waals surface area (Å²) in [6.07, 6.45) is 9.02. The van der Waals surface area contributed by atoms with Crippen LogP contribution in [0.2, 0.25) is 0 Å². The van der Waals surface area contributed by atoms with E-state index in [9.17, 15) is 19.8 Å². The number of para-hydroxylation sites is 2. The number of rotatable bonds is 14. The monoisotopic (exact) mass is 716 g/mol. The molecule has 0 aliphatic heterocycles. The van der Waals surface area contributed by atoms with Crippen LogP contribution < -0.4 is 9.47 Å². The molecule has 0 radical (unpaired) electrons. The third-order valence-electron chi connectivity index (χ3n) is 8.70. The highest BCUT2D eigenvalue weighted by Crippen LogP contribution is 2.27. The average molecular weight is 717 g/mol. The van der Waals surface area contributed by atoms with Gasteiger partial charge in [-0.05, 0) is 77.8 Å². The molecule has 0 fully saturated rings. The summed E-state index contributed by atoms with van der Waals surface area (Å²) in [7, 11) is 0. The molecule has 0 aromatic heterocycles. The number of aromatic carboxylic acids is 2. The van der Waals surface area contributed by atoms with Gasteiger partial charge in [-0.2, -0.15) is 0 Å². The molecule has 0 amide bonds. The second-order valence-electron chi connectivity index (χ2n) is 12.7. The molecule has 0 bridgehead atoms. The summed E-state index contributed by atoms with van der Waals surface area (Å²) in [5.41, 5.74) is 8.59. The van der Waals surface area contributed by atoms with E-state index in [1.807, 2.05) is 159 Å². The van der Waals surface area contributed by atoms with E-state index in [4.69, 9.17) is 9.47 Å². The number of carbonyl (C=O) groups is 2. The van der Waals surface area contributed by atoms with Gasteiger partial charge in [0.2, 0.25) is 0 Å². The second kappa shape index (κ2) is 19.8. The van der Waals surface area contributed by atoms with Crippen molar-refractivity contribution in [3.8, 4) is 11.5 Å². The molecule has 0 atom stereocenters. The predicted molar refractivity (Wildman–Crippen MR) is 216 cm³/mol. The zero-order chi connectivity index (χ0) is 38.1. The minimum Gasteiger partial charge on any atom is -0.488 e. The molecule has 2 N–H and O–H groups in total. The summed E-state index contributed by atoms with van der Waals surface area (Å²) < 4.78 is 12.2. The third-order valence-corrected chi connectivity index (χ3v) is 8.70. The molecule has 0 aliphatic rings. The number of benzene rings is 6. The van der Waals surface area contributed by atoms with Crippen molar-refractivity contribution in [2.45, 2.75) is 39.9 Å². The Kier molecular flexibility index (Phi) is 14.2. The summed E-state index contributed by atoms with van der Waals surface area (Å²) in [6, 6.07) is 46.3. The number of aryl methyl sites for hydroxylation is 2. The van der Waals surface area contributed by atoms with Gasteiger partial charge in [-0.3, -0.25) is 0 Å². The largest absolute Gasteiger partial charge is 0.488 e. The number of allylic oxidation sites excluding steroid dienone is 2. The zero-order valence-electron chi connectivity index (χ0n) is 30.5. The lowest BCUT2D eigenvalue weighted by Gasteiger charge is -2.13. The molecule has 6 rings (SSSR count). The predicted octanol–water partition coefficient (Wildman–Crippen LogP) is 11.1. The average Bonchev–Trinajstić information content (AvgIpc) is 3.18. The van der Waals surface area contributed by atoms with Crippen LogP contribution in [0.3, 0.4) is 0 Å². The normalized spacial score (nSPS) is 10.9. The van der Waals surface area contributed by atoms with Crippen molar-refractivity contribution in [3.05, 3.63) is 213 Å². The van der Waals surface area contributed by atoms with E-state index in [2.05, 4.69) is 0 Å². The molecule has 54 heavy (non-hydrogen) atoms. The molecule has 6 heteroatoms. The first-order valence-corrected chi connectivity index (χ1v) is 17.8. The quantitative estimate of drug-likeness (QED) is 0.117. The van der Waals surface area contributed by atoms with Crippen molar-refractivity contribution in [2.75, 3.05) is 0 Å². The van der Waals surface area contributed by atoms with Gasteiger partial charge in [0.1, 0.15) is 24.7 Å². The van der Waals surface area contributed by atoms with Gasteiger partial charge in [0, 0.05) is 5.56 Å². The number of carboxylic acids is 2. The van der Waals surface area contributed by atoms with E-state index in [0.717, 1.165) is 50.4 Å². The van der Waals surface area contributed by atoms with E-state index in [1.165, 1.54) is 0 Å². The molecule has 6 aromatic rings. The van der Waals surface area contributed by atoms with Gasteiger partial charge in [-0.25, -0.2) is 9.59 Å². The Morgan fingerprint density at radius 2 is 0.926 bits per heavy atom. The highest BCUT2D eigenvalue weighted by molar-refractivity contribution is 5.92. The highest BCUT2D eigenvalue weighted by atomic mass is 16.5. The minimum atomic E-state index is -0.919. The fourth-order valence-corrected chi connectivity index (χ4v) is 5.91. The molecular formula is C48H44O6. The number of carboxylic acid groups (broad SMARTS) is 2. The van der Waals surface area contributed by atoms with Crippen LogP contribution in [0.4, 0.5) is 0 Å². The number of hydrogen-bond acceptors (Lipinski definition) is 4. The molecule has 0 unspecified atom stereocenters. The van der Waals surface area contributed by atoms with Gasteiger partial charge in [0.05, 0.1) is 11.1 Å². The second-order valence-corrected chi connectivity index (χ2v) is 12.7. The Morgan fingerprint density at radius 1 is 0.481 bits per heavy atom. The summed E-state index contributed by atoms with van der Waals surface area (Å²) >= 11 is 0. The maximum atomic E-state index is 11.3. The van der Waals surface area contributed by atoms with Crippen molar-refractivity contribution in [1.29, 1.82) is 0 Å². The van der Waals surface area contributed by atoms with Crippen molar-refractivity contribution >= 4 is 24.1 Å². The van der Waals surface area contributed by atoms with Crippen molar-refractivity contribution in [1.82, 2.24) is 0 Å². The Bertz CT molecular complexity index is 2200. The molecule has 0 aliphatic carbocycles. The number of hydrogen-bond donors (Lipinski definition) is 2. The maximum absolute atomic E-state index is 11.3. The van der Waals surface area contributed by atoms with E-state index in [-0.39, 0.29) is 0 Å². The molecular weight excluding hydrogens is 673 g/mol. The third kappa shape index (κ3) is 11.2. The van der Waals surface area contributed by atoms with Crippen LogP contribution in [0, 0.1) is 13.8 Å². The molecule has 0 saturated carbocycles. The SMILES string of the molecule is Cc1cccc(/C=C\Cc2ccccc2C(=O)O)c1OCc1ccccc1.Cc1cccc(C/C=C/c2ccccc2C(=O)O)c1OCc1ccccc1. The highest BCUT2D eigenvalue weighted by Gasteiger charge is 2.10. The van der Waals surface area contributed by atoms with E-state index < -0.39 is 11.9 Å². The minimum absolute atomic E-state index is 0.304. The van der Waals surface area contributed by atoms with Crippen molar-refractivity contribution in [2.24, 2.45) is 0 Å². The molecule has 6 aromatic carbocycles. The first-order valence-electron chi connectivity index (χ1n) is 17.8. The topological polar surface area (TPSA) is 93.1 Å². The Labute approximate surface area is 317 Å². The molecule has 0 spiro atoms. The van der Waals surface area contributed by atoms with Gasteiger partial charge in [-0.1, -0.05) is 158 Å². The first-order chi connectivity index (χ1) is 26.3. The lowest BCUT2D eigenvalue weighted by Crippen LogP contribution is -2.01. The number of ether oxygens (including phenoxy) is 2. The van der Waals surface area contributed by atoms with Gasteiger partial charge in [0.25, 0.3) is 0 Å². The first kappa shape index (κ1) is 38.6. The van der Waals surface area contributed by atoms with Crippen LogP contribution in [-0.2, 0) is 26.1 Å². The van der Waals surface area contributed by atoms with Gasteiger partial charge in [-0.15, -0.1) is 0 Å². The fraction of sp³-hybridized carbons (Fsp3) is 0.125. The van der Waals surface area contributed by atoms with Crippen molar-refractivity contribution < 1.29 is 29.3 Å². The molecule has 0 heterocycles. The smallest absolute Gasteiger partial charge is 0.336 e. The maximum Gasteiger partial charge on any atom is 0.336 e. The van der Waals surface area contributed by atoms with Crippen molar-refractivity contribution in [3.63, 3.8) is 0 Å². The fourth-order valence-electron chi connectivity index (χ4n) is 5.91. The standard InChI is InChI=1S/2C24H22O3/c2*1-18-9-7-14-21(23(18)27-17-19-10-3-2-4-11-19)15-8-13-20-12-5-6-16-22(20)24(25)26/h2-12,14-16H,13,17H2,1H3,(H,25,26);2-14,16H,15,17H2,1H3,(H,25,26)/b15-8-;13-8+. The van der Waals surface area contributed by atoms with Crippen LogP contribution in [0.25, 0.3) is 12.2 Å². The van der Waals surface area contributed by atoms with Crippen LogP contribution in [0.1, 0.15) is 65.2 Å². The molecule has 6 nitrogen and oxygen atoms in total. The molecule has 0 saturated heterocycles. The lowest BCUT2D eigenvalue weighted by atomic mass is 10.0. The summed E-state index contributed by atoms with van der Waals surface area (Å²) in [6.45, 7) is 5.09. The van der Waals surface area contributed by atoms with E-state index in [0.29, 0.717) is 42.7 Å². The van der Waals surface area contributed by atoms with Crippen LogP contribution in [0.15, 0.2) is 158 Å². The Hall–Kier alpha value is -6.66. The van der Waals surface area contributed by atoms with Gasteiger partial charge < -0.3 is 19.7 Å². The zero-order valence-corrected chi connectivity index (χ0v) is 30.5. The summed E-state index contributed by atoms with van der Waals surface area (Å²) in [5, 5.41) is 18.6. The van der Waals surface area contributed by atoms with Crippen LogP contribution >= 0.6 is 0 Å². The van der Waals surface area contributed by atoms with E-state index in [1.54, 1.807) is 24.3 Å². The Balaban J connectivity index is 0.000000208.